The molecule has 0 heterocycles. The van der Waals surface area contributed by atoms with Crippen LogP contribution in [0.1, 0.15) is 27.8 Å². The molecular weight excluding hydrogens is 359 g/mol. The molecule has 0 saturated heterocycles. The van der Waals surface area contributed by atoms with Crippen LogP contribution in [0.5, 0.6) is 0 Å². The highest BCUT2D eigenvalue weighted by molar-refractivity contribution is 6.30. The molecule has 3 rings (SSSR count). The van der Waals surface area contributed by atoms with Crippen molar-refractivity contribution in [3.63, 3.8) is 0 Å². The normalized spacial score (nSPS) is 10.3. The van der Waals surface area contributed by atoms with Gasteiger partial charge in [-0.05, 0) is 59.9 Å². The fourth-order valence-electron chi connectivity index (χ4n) is 2.74. The lowest BCUT2D eigenvalue weighted by Gasteiger charge is -2.04. The molecule has 1 nitrogen and oxygen atoms in total. The minimum atomic E-state index is -0.400. The lowest BCUT2D eigenvalue weighted by molar-refractivity contribution is 0.185. The molecule has 3 aromatic rings. The Hall–Kier alpha value is -2.60. The third-order valence-electron chi connectivity index (χ3n) is 4.26. The molecular formula is C24H20ClFO. The first-order valence-electron chi connectivity index (χ1n) is 8.77. The zero-order valence-corrected chi connectivity index (χ0v) is 15.9. The Balaban J connectivity index is 1.59. The third kappa shape index (κ3) is 5.69. The molecule has 136 valence electrons. The summed E-state index contributed by atoms with van der Waals surface area (Å²) in [5.74, 6) is 5.45. The minimum Gasteiger partial charge on any atom is -0.380 e. The lowest BCUT2D eigenvalue weighted by atomic mass is 10.0. The molecule has 0 spiro atoms. The summed E-state index contributed by atoms with van der Waals surface area (Å²) in [4.78, 5) is 0. The van der Waals surface area contributed by atoms with Crippen LogP contribution in [0.4, 0.5) is 4.39 Å². The highest BCUT2D eigenvalue weighted by Gasteiger charge is 2.00. The van der Waals surface area contributed by atoms with Gasteiger partial charge in [0.2, 0.25) is 0 Å². The summed E-state index contributed by atoms with van der Waals surface area (Å²) < 4.78 is 18.9. The molecule has 0 radical (unpaired) electrons. The van der Waals surface area contributed by atoms with E-state index in [1.54, 1.807) is 19.2 Å². The van der Waals surface area contributed by atoms with Crippen molar-refractivity contribution in [1.29, 1.82) is 0 Å². The number of hydrogen-bond donors (Lipinski definition) is 0. The molecule has 0 aliphatic heterocycles. The van der Waals surface area contributed by atoms with Crippen LogP contribution in [0.25, 0.3) is 0 Å². The number of benzene rings is 3. The Morgan fingerprint density at radius 1 is 0.815 bits per heavy atom. The highest BCUT2D eigenvalue weighted by atomic mass is 35.5. The zero-order chi connectivity index (χ0) is 19.1. The van der Waals surface area contributed by atoms with Crippen molar-refractivity contribution in [3.05, 3.63) is 105 Å². The van der Waals surface area contributed by atoms with Gasteiger partial charge < -0.3 is 4.74 Å². The van der Waals surface area contributed by atoms with Crippen LogP contribution >= 0.6 is 11.6 Å². The number of hydrogen-bond acceptors (Lipinski definition) is 1. The van der Waals surface area contributed by atoms with Crippen molar-refractivity contribution in [2.75, 3.05) is 7.11 Å². The molecule has 0 saturated carbocycles. The molecule has 3 heteroatoms. The number of aryl methyl sites for hydroxylation is 2. The largest absolute Gasteiger partial charge is 0.380 e. The lowest BCUT2D eigenvalue weighted by Crippen LogP contribution is -1.93. The first-order valence-corrected chi connectivity index (χ1v) is 9.14. The molecule has 0 N–H and O–H groups in total. The Kier molecular flexibility index (Phi) is 6.65. The van der Waals surface area contributed by atoms with Crippen molar-refractivity contribution in [2.24, 2.45) is 0 Å². The van der Waals surface area contributed by atoms with Gasteiger partial charge in [0.15, 0.2) is 0 Å². The summed E-state index contributed by atoms with van der Waals surface area (Å²) in [6.07, 6.45) is 1.94. The maximum absolute atomic E-state index is 13.8. The summed E-state index contributed by atoms with van der Waals surface area (Å²) in [5, 5.41) is 0.371. The first-order chi connectivity index (χ1) is 13.1. The second-order valence-corrected chi connectivity index (χ2v) is 6.76. The Labute approximate surface area is 164 Å². The molecule has 0 aliphatic rings. The quantitative estimate of drug-likeness (QED) is 0.509. The number of halogens is 2. The van der Waals surface area contributed by atoms with Gasteiger partial charge in [0.25, 0.3) is 0 Å². The van der Waals surface area contributed by atoms with Crippen LogP contribution < -0.4 is 0 Å². The Bertz CT molecular complexity index is 950. The SMILES string of the molecule is COCc1ccc(CCc2ccc(C#Cc3ccc(Cl)cc3F)cc2)cc1. The van der Waals surface area contributed by atoms with E-state index in [9.17, 15) is 4.39 Å². The molecule has 0 bridgehead atoms. The van der Waals surface area contributed by atoms with Crippen molar-refractivity contribution >= 4 is 11.6 Å². The molecule has 0 aromatic heterocycles. The summed E-state index contributed by atoms with van der Waals surface area (Å²) >= 11 is 5.75. The standard InChI is InChI=1S/C24H20ClFO/c1-27-17-21-10-8-19(9-11-21)3-2-18-4-6-20(7-5-18)12-13-22-14-15-23(25)16-24(22)26/h4-11,14-16H,2-3,17H2,1H3. The smallest absolute Gasteiger partial charge is 0.140 e. The summed E-state index contributed by atoms with van der Waals surface area (Å²) in [6.45, 7) is 0.642. The van der Waals surface area contributed by atoms with Crippen molar-refractivity contribution in [2.45, 2.75) is 19.4 Å². The molecule has 0 amide bonds. The maximum atomic E-state index is 13.8. The average Bonchev–Trinajstić information content (AvgIpc) is 2.68. The summed E-state index contributed by atoms with van der Waals surface area (Å²) in [5.41, 5.74) is 4.94. The minimum absolute atomic E-state index is 0.348. The zero-order valence-electron chi connectivity index (χ0n) is 15.1. The van der Waals surface area contributed by atoms with Crippen molar-refractivity contribution in [1.82, 2.24) is 0 Å². The third-order valence-corrected chi connectivity index (χ3v) is 4.50. The molecule has 0 fully saturated rings. The van der Waals surface area contributed by atoms with E-state index in [1.807, 2.05) is 12.1 Å². The van der Waals surface area contributed by atoms with E-state index in [0.717, 1.165) is 18.4 Å². The van der Waals surface area contributed by atoms with E-state index in [-0.39, 0.29) is 0 Å². The molecule has 0 aliphatic carbocycles. The van der Waals surface area contributed by atoms with Crippen molar-refractivity contribution in [3.8, 4) is 11.8 Å². The van der Waals surface area contributed by atoms with Crippen LogP contribution in [0.3, 0.4) is 0 Å². The van der Waals surface area contributed by atoms with E-state index >= 15 is 0 Å². The van der Waals surface area contributed by atoms with Crippen molar-refractivity contribution < 1.29 is 9.13 Å². The fourth-order valence-corrected chi connectivity index (χ4v) is 2.90. The number of rotatable bonds is 5. The van der Waals surface area contributed by atoms with Crippen LogP contribution in [0, 0.1) is 17.7 Å². The van der Waals surface area contributed by atoms with Gasteiger partial charge in [-0.25, -0.2) is 4.39 Å². The second kappa shape index (κ2) is 9.37. The van der Waals surface area contributed by atoms with Crippen LogP contribution in [0.2, 0.25) is 5.02 Å². The molecule has 3 aromatic carbocycles. The van der Waals surface area contributed by atoms with E-state index in [1.165, 1.54) is 22.8 Å². The van der Waals surface area contributed by atoms with Gasteiger partial charge in [-0.1, -0.05) is 59.8 Å². The fraction of sp³-hybridized carbons (Fsp3) is 0.167. The summed E-state index contributed by atoms with van der Waals surface area (Å²) in [7, 11) is 1.70. The molecule has 27 heavy (non-hydrogen) atoms. The van der Waals surface area contributed by atoms with Gasteiger partial charge in [-0.2, -0.15) is 0 Å². The number of ether oxygens (including phenoxy) is 1. The van der Waals surface area contributed by atoms with Gasteiger partial charge >= 0.3 is 0 Å². The average molecular weight is 379 g/mol. The van der Waals surface area contributed by atoms with E-state index in [4.69, 9.17) is 16.3 Å². The molecule has 0 unspecified atom stereocenters. The van der Waals surface area contributed by atoms with Gasteiger partial charge in [-0.15, -0.1) is 0 Å². The van der Waals surface area contributed by atoms with E-state index in [0.29, 0.717) is 17.2 Å². The Morgan fingerprint density at radius 3 is 2.00 bits per heavy atom. The monoisotopic (exact) mass is 378 g/mol. The molecule has 0 atom stereocenters. The predicted molar refractivity (Wildman–Crippen MR) is 108 cm³/mol. The predicted octanol–water partition coefficient (Wildman–Crippen LogP) is 5.81. The Morgan fingerprint density at radius 2 is 1.41 bits per heavy atom. The van der Waals surface area contributed by atoms with Gasteiger partial charge in [0.05, 0.1) is 12.2 Å². The van der Waals surface area contributed by atoms with Gasteiger partial charge in [0, 0.05) is 17.7 Å². The van der Waals surface area contributed by atoms with Crippen LogP contribution in [0.15, 0.2) is 66.7 Å². The first kappa shape index (κ1) is 19.2. The maximum Gasteiger partial charge on any atom is 0.140 e. The topological polar surface area (TPSA) is 9.23 Å². The van der Waals surface area contributed by atoms with Crippen LogP contribution in [-0.4, -0.2) is 7.11 Å². The summed E-state index contributed by atoms with van der Waals surface area (Å²) in [6, 6.07) is 21.1. The second-order valence-electron chi connectivity index (χ2n) is 6.32. The van der Waals surface area contributed by atoms with Gasteiger partial charge in [0.1, 0.15) is 5.82 Å². The van der Waals surface area contributed by atoms with E-state index in [2.05, 4.69) is 48.2 Å². The number of methoxy groups -OCH3 is 1. The highest BCUT2D eigenvalue weighted by Crippen LogP contribution is 2.14. The van der Waals surface area contributed by atoms with Gasteiger partial charge in [-0.3, -0.25) is 0 Å². The van der Waals surface area contributed by atoms with E-state index < -0.39 is 5.82 Å². The van der Waals surface area contributed by atoms with Crippen LogP contribution in [-0.2, 0) is 24.2 Å².